The molecule has 176 valence electrons. The molecule has 0 amide bonds. The van der Waals surface area contributed by atoms with E-state index < -0.39 is 54.6 Å². The number of halogens is 1. The Kier molecular flexibility index (Phi) is 8.81. The molecule has 12 heteroatoms. The van der Waals surface area contributed by atoms with E-state index >= 15 is 0 Å². The zero-order valence-corrected chi connectivity index (χ0v) is 18.5. The fourth-order valence-corrected chi connectivity index (χ4v) is 3.29. The van der Waals surface area contributed by atoms with Gasteiger partial charge in [0, 0.05) is 20.8 Å². The Morgan fingerprint density at radius 3 is 2.03 bits per heavy atom. The number of hydrogen-bond donors (Lipinski definition) is 1. The van der Waals surface area contributed by atoms with Crippen LogP contribution in [0.15, 0.2) is 18.2 Å². The number of methoxy groups -OCH3 is 1. The third kappa shape index (κ3) is 6.31. The second-order valence-corrected chi connectivity index (χ2v) is 7.12. The number of rotatable bonds is 7. The van der Waals surface area contributed by atoms with Crippen LogP contribution in [0.2, 0.25) is 5.02 Å². The Morgan fingerprint density at radius 2 is 1.53 bits per heavy atom. The molecule has 0 radical (unpaired) electrons. The first-order valence-corrected chi connectivity index (χ1v) is 9.76. The maximum absolute atomic E-state index is 12.4. The van der Waals surface area contributed by atoms with Gasteiger partial charge in [-0.25, -0.2) is 4.79 Å². The van der Waals surface area contributed by atoms with Crippen molar-refractivity contribution in [3.8, 4) is 5.75 Å². The Labute approximate surface area is 188 Å². The van der Waals surface area contributed by atoms with Gasteiger partial charge < -0.3 is 33.5 Å². The van der Waals surface area contributed by atoms with Gasteiger partial charge in [-0.3, -0.25) is 14.4 Å². The summed E-state index contributed by atoms with van der Waals surface area (Å²) in [6, 6.07) is 4.38. The lowest BCUT2D eigenvalue weighted by Crippen LogP contribution is -2.64. The SMILES string of the molecule is COC(=O)[C@H]1OC(Oc2ccc(CO)cc2Cl)[C@H](OC(C)=O)[C@@H](OC(C)=O)[C@@H]1OC(C)=O. The van der Waals surface area contributed by atoms with Crippen molar-refractivity contribution in [1.29, 1.82) is 0 Å². The summed E-state index contributed by atoms with van der Waals surface area (Å²) in [6.07, 6.45) is -7.52. The van der Waals surface area contributed by atoms with Crippen LogP contribution in [0.1, 0.15) is 26.3 Å². The van der Waals surface area contributed by atoms with E-state index in [2.05, 4.69) is 0 Å². The third-order valence-corrected chi connectivity index (χ3v) is 4.55. The molecule has 1 aliphatic heterocycles. The molecule has 1 aromatic rings. The molecule has 1 N–H and O–H groups in total. The van der Waals surface area contributed by atoms with Gasteiger partial charge in [-0.15, -0.1) is 0 Å². The topological polar surface area (TPSA) is 144 Å². The molecular weight excluding hydrogens is 452 g/mol. The molecule has 1 heterocycles. The van der Waals surface area contributed by atoms with E-state index in [9.17, 15) is 24.3 Å². The summed E-state index contributed by atoms with van der Waals surface area (Å²) in [4.78, 5) is 47.6. The fourth-order valence-electron chi connectivity index (χ4n) is 3.04. The minimum atomic E-state index is -1.58. The number of esters is 4. The van der Waals surface area contributed by atoms with Gasteiger partial charge in [-0.05, 0) is 17.7 Å². The second kappa shape index (κ2) is 11.1. The minimum Gasteiger partial charge on any atom is -0.467 e. The van der Waals surface area contributed by atoms with Crippen LogP contribution >= 0.6 is 11.6 Å². The van der Waals surface area contributed by atoms with E-state index in [1.54, 1.807) is 0 Å². The van der Waals surface area contributed by atoms with E-state index in [0.717, 1.165) is 27.9 Å². The van der Waals surface area contributed by atoms with E-state index in [4.69, 9.17) is 40.0 Å². The quantitative estimate of drug-likeness (QED) is 0.444. The van der Waals surface area contributed by atoms with Crippen molar-refractivity contribution in [2.24, 2.45) is 0 Å². The molecule has 0 spiro atoms. The highest BCUT2D eigenvalue weighted by atomic mass is 35.5. The molecule has 0 bridgehead atoms. The zero-order chi connectivity index (χ0) is 24.0. The Balaban J connectivity index is 2.51. The monoisotopic (exact) mass is 474 g/mol. The number of carbonyl (C=O) groups excluding carboxylic acids is 4. The smallest absolute Gasteiger partial charge is 0.339 e. The third-order valence-electron chi connectivity index (χ3n) is 4.26. The molecule has 1 unspecified atom stereocenters. The van der Waals surface area contributed by atoms with E-state index in [-0.39, 0.29) is 17.4 Å². The molecule has 32 heavy (non-hydrogen) atoms. The van der Waals surface area contributed by atoms with Gasteiger partial charge >= 0.3 is 23.9 Å². The number of carbonyl (C=O) groups is 4. The van der Waals surface area contributed by atoms with Crippen LogP contribution in [0, 0.1) is 0 Å². The van der Waals surface area contributed by atoms with Gasteiger partial charge in [0.2, 0.25) is 12.4 Å². The first-order valence-electron chi connectivity index (χ1n) is 9.38. The normalized spacial score (nSPS) is 24.8. The summed E-state index contributed by atoms with van der Waals surface area (Å²) in [5.74, 6) is -3.30. The molecule has 1 fully saturated rings. The molecule has 1 aliphatic rings. The highest BCUT2D eigenvalue weighted by Gasteiger charge is 2.55. The summed E-state index contributed by atoms with van der Waals surface area (Å²) in [5.41, 5.74) is 0.503. The average Bonchev–Trinajstić information content (AvgIpc) is 2.71. The predicted molar refractivity (Wildman–Crippen MR) is 105 cm³/mol. The predicted octanol–water partition coefficient (Wildman–Crippen LogP) is 0.904. The molecule has 11 nitrogen and oxygen atoms in total. The standard InChI is InChI=1S/C20H23ClO11/c1-9(23)28-15-16(29-10(2)24)18(30-11(3)25)20(32-17(15)19(26)27-4)31-14-6-5-12(8-22)7-13(14)21/h5-7,15-18,20,22H,8H2,1-4H3/t15-,16-,17-,18+,20?/m0/s1. The van der Waals surface area contributed by atoms with Gasteiger partial charge in [-0.1, -0.05) is 17.7 Å². The van der Waals surface area contributed by atoms with Gasteiger partial charge in [0.25, 0.3) is 0 Å². The molecule has 5 atom stereocenters. The molecule has 0 saturated carbocycles. The van der Waals surface area contributed by atoms with Gasteiger partial charge in [0.05, 0.1) is 18.7 Å². The highest BCUT2D eigenvalue weighted by molar-refractivity contribution is 6.32. The Bertz CT molecular complexity index is 871. The first kappa shape index (κ1) is 25.4. The van der Waals surface area contributed by atoms with Gasteiger partial charge in [0.1, 0.15) is 5.75 Å². The van der Waals surface area contributed by atoms with Crippen molar-refractivity contribution in [3.05, 3.63) is 28.8 Å². The second-order valence-electron chi connectivity index (χ2n) is 6.71. The summed E-state index contributed by atoms with van der Waals surface area (Å²) in [7, 11) is 1.08. The number of benzene rings is 1. The fraction of sp³-hybridized carbons (Fsp3) is 0.500. The molecule has 1 saturated heterocycles. The molecule has 2 rings (SSSR count). The average molecular weight is 475 g/mol. The van der Waals surface area contributed by atoms with Crippen molar-refractivity contribution in [1.82, 2.24) is 0 Å². The maximum atomic E-state index is 12.4. The van der Waals surface area contributed by atoms with E-state index in [1.807, 2.05) is 0 Å². The summed E-state index contributed by atoms with van der Waals surface area (Å²) < 4.78 is 31.8. The number of hydrogen-bond acceptors (Lipinski definition) is 11. The summed E-state index contributed by atoms with van der Waals surface area (Å²) in [5, 5.41) is 9.32. The van der Waals surface area contributed by atoms with Crippen LogP contribution in [0.3, 0.4) is 0 Å². The van der Waals surface area contributed by atoms with Crippen molar-refractivity contribution in [2.75, 3.05) is 7.11 Å². The van der Waals surface area contributed by atoms with Gasteiger partial charge in [0.15, 0.2) is 18.3 Å². The van der Waals surface area contributed by atoms with Crippen LogP contribution in [0.4, 0.5) is 0 Å². The first-order chi connectivity index (χ1) is 15.1. The lowest BCUT2D eigenvalue weighted by Gasteiger charge is -2.43. The van der Waals surface area contributed by atoms with Crippen molar-refractivity contribution < 1.29 is 52.7 Å². The number of aliphatic hydroxyl groups is 1. The van der Waals surface area contributed by atoms with E-state index in [0.29, 0.717) is 5.56 Å². The highest BCUT2D eigenvalue weighted by Crippen LogP contribution is 2.33. The summed E-state index contributed by atoms with van der Waals surface area (Å²) >= 11 is 6.18. The largest absolute Gasteiger partial charge is 0.467 e. The van der Waals surface area contributed by atoms with Crippen molar-refractivity contribution in [3.63, 3.8) is 0 Å². The Morgan fingerprint density at radius 1 is 0.969 bits per heavy atom. The molecule has 1 aromatic carbocycles. The van der Waals surface area contributed by atoms with Gasteiger partial charge in [-0.2, -0.15) is 0 Å². The van der Waals surface area contributed by atoms with Crippen LogP contribution in [0.25, 0.3) is 0 Å². The van der Waals surface area contributed by atoms with Crippen LogP contribution in [-0.4, -0.2) is 66.8 Å². The van der Waals surface area contributed by atoms with Crippen molar-refractivity contribution in [2.45, 2.75) is 58.1 Å². The number of ether oxygens (including phenoxy) is 6. The zero-order valence-electron chi connectivity index (χ0n) is 17.7. The maximum Gasteiger partial charge on any atom is 0.339 e. The molecule has 0 aromatic heterocycles. The Hall–Kier alpha value is -2.89. The lowest BCUT2D eigenvalue weighted by molar-refractivity contribution is -0.282. The number of aliphatic hydroxyl groups excluding tert-OH is 1. The molecule has 0 aliphatic carbocycles. The summed E-state index contributed by atoms with van der Waals surface area (Å²) in [6.45, 7) is 2.99. The van der Waals surface area contributed by atoms with Crippen LogP contribution in [-0.2, 0) is 49.5 Å². The van der Waals surface area contributed by atoms with E-state index in [1.165, 1.54) is 18.2 Å². The lowest BCUT2D eigenvalue weighted by atomic mass is 9.97. The van der Waals surface area contributed by atoms with Crippen LogP contribution in [0.5, 0.6) is 5.75 Å². The minimum absolute atomic E-state index is 0.0575. The van der Waals surface area contributed by atoms with Crippen LogP contribution < -0.4 is 4.74 Å². The molecular formula is C20H23ClO11. The van der Waals surface area contributed by atoms with Crippen molar-refractivity contribution >= 4 is 35.5 Å².